The van der Waals surface area contributed by atoms with Crippen LogP contribution in [0.3, 0.4) is 0 Å². The minimum absolute atomic E-state index is 0. The van der Waals surface area contributed by atoms with Crippen LogP contribution in [0, 0.1) is 0 Å². The summed E-state index contributed by atoms with van der Waals surface area (Å²) in [4.78, 5) is 43.3. The van der Waals surface area contributed by atoms with Crippen LogP contribution in [0.2, 0.25) is 0 Å². The lowest BCUT2D eigenvalue weighted by atomic mass is 9.91. The monoisotopic (exact) mass is 444 g/mol. The molecule has 0 aliphatic carbocycles. The Hall–Kier alpha value is -2.21. The van der Waals surface area contributed by atoms with Crippen LogP contribution in [-0.2, 0) is 18.9 Å². The number of carbonyl (C=O) groups is 1. The van der Waals surface area contributed by atoms with E-state index < -0.39 is 29.0 Å². The highest BCUT2D eigenvalue weighted by atomic mass is 35.5. The molecule has 1 amide bonds. The molecule has 1 aliphatic rings. The molecule has 11 nitrogen and oxygen atoms in total. The summed E-state index contributed by atoms with van der Waals surface area (Å²) in [5.74, 6) is -0.179. The van der Waals surface area contributed by atoms with Crippen molar-refractivity contribution in [1.29, 1.82) is 0 Å². The SMILES string of the molecule is Cl.Cn1c(=O)c2c(ncn2[C@@H]2CN(C(=O)CCCN)C[C@@H](O)C[C@@]2(C)O)n(C)c1=O. The van der Waals surface area contributed by atoms with E-state index in [2.05, 4.69) is 4.98 Å². The molecular formula is C18H29ClN6O5. The van der Waals surface area contributed by atoms with Crippen LogP contribution in [0.1, 0.15) is 32.2 Å². The number of fused-ring (bicyclic) bond motifs is 1. The number of aliphatic hydroxyl groups is 2. The van der Waals surface area contributed by atoms with Crippen LogP contribution in [-0.4, -0.2) is 71.0 Å². The number of nitrogens with two attached hydrogens (primary N) is 1. The van der Waals surface area contributed by atoms with Crippen LogP contribution in [0.5, 0.6) is 0 Å². The summed E-state index contributed by atoms with van der Waals surface area (Å²) in [6, 6.07) is -0.739. The minimum Gasteiger partial charge on any atom is -0.391 e. The van der Waals surface area contributed by atoms with Crippen molar-refractivity contribution in [2.75, 3.05) is 19.6 Å². The van der Waals surface area contributed by atoms with Crippen molar-refractivity contribution in [2.24, 2.45) is 19.8 Å². The maximum atomic E-state index is 12.8. The van der Waals surface area contributed by atoms with Crippen LogP contribution in [0.15, 0.2) is 15.9 Å². The Bertz CT molecular complexity index is 1040. The lowest BCUT2D eigenvalue weighted by molar-refractivity contribution is -0.132. The van der Waals surface area contributed by atoms with Gasteiger partial charge in [-0.05, 0) is 19.9 Å². The van der Waals surface area contributed by atoms with Gasteiger partial charge in [-0.2, -0.15) is 0 Å². The van der Waals surface area contributed by atoms with E-state index >= 15 is 0 Å². The van der Waals surface area contributed by atoms with Gasteiger partial charge in [-0.3, -0.25) is 18.7 Å². The fourth-order valence-electron chi connectivity index (χ4n) is 4.02. The van der Waals surface area contributed by atoms with Gasteiger partial charge in [-0.15, -0.1) is 12.4 Å². The molecule has 2 aromatic rings. The number of aryl methyl sites for hydroxylation is 1. The van der Waals surface area contributed by atoms with Gasteiger partial charge < -0.3 is 25.4 Å². The van der Waals surface area contributed by atoms with Crippen molar-refractivity contribution >= 4 is 29.5 Å². The van der Waals surface area contributed by atoms with E-state index in [1.54, 1.807) is 6.92 Å². The van der Waals surface area contributed by atoms with Gasteiger partial charge in [0.15, 0.2) is 11.2 Å². The van der Waals surface area contributed by atoms with Crippen molar-refractivity contribution < 1.29 is 15.0 Å². The number of amides is 1. The fourth-order valence-corrected chi connectivity index (χ4v) is 4.02. The molecule has 0 spiro atoms. The second-order valence-corrected chi connectivity index (χ2v) is 7.95. The van der Waals surface area contributed by atoms with Crippen LogP contribution < -0.4 is 17.0 Å². The second-order valence-electron chi connectivity index (χ2n) is 7.95. The Kier molecular flexibility index (Phi) is 7.12. The smallest absolute Gasteiger partial charge is 0.332 e. The summed E-state index contributed by atoms with van der Waals surface area (Å²) in [5, 5.41) is 21.5. The predicted molar refractivity (Wildman–Crippen MR) is 113 cm³/mol. The van der Waals surface area contributed by atoms with Gasteiger partial charge in [-0.1, -0.05) is 0 Å². The molecule has 3 rings (SSSR count). The summed E-state index contributed by atoms with van der Waals surface area (Å²) in [5.41, 5.74) is 3.38. The standard InChI is InChI=1S/C18H28N6O5.ClH/c1-18(29)7-11(25)8-23(13(26)5-4-6-19)9-12(18)24-10-20-15-14(24)16(27)22(3)17(28)21(15)2;/h10-12,25,29H,4-9,19H2,1-3H3;1H/t11-,12+,18+;/m0./s1. The summed E-state index contributed by atoms with van der Waals surface area (Å²) in [7, 11) is 2.89. The molecule has 3 atom stereocenters. The van der Waals surface area contributed by atoms with E-state index in [1.165, 1.54) is 34.5 Å². The molecule has 0 bridgehead atoms. The van der Waals surface area contributed by atoms with E-state index in [0.717, 1.165) is 4.57 Å². The number of hydrogen-bond donors (Lipinski definition) is 3. The summed E-state index contributed by atoms with van der Waals surface area (Å²) in [6.07, 6.45) is 1.25. The third-order valence-corrected chi connectivity index (χ3v) is 5.65. The zero-order valence-electron chi connectivity index (χ0n) is 17.3. The molecule has 30 heavy (non-hydrogen) atoms. The lowest BCUT2D eigenvalue weighted by Gasteiger charge is -2.34. The molecule has 1 aliphatic heterocycles. The van der Waals surface area contributed by atoms with Crippen LogP contribution in [0.4, 0.5) is 0 Å². The number of halogens is 1. The van der Waals surface area contributed by atoms with Crippen LogP contribution in [0.25, 0.3) is 11.2 Å². The highest BCUT2D eigenvalue weighted by Gasteiger charge is 2.42. The first-order chi connectivity index (χ1) is 13.6. The molecule has 2 aromatic heterocycles. The van der Waals surface area contributed by atoms with Gasteiger partial charge in [0.05, 0.1) is 24.1 Å². The average Bonchev–Trinajstić information content (AvgIpc) is 3.04. The maximum absolute atomic E-state index is 12.8. The molecule has 4 N–H and O–H groups in total. The molecule has 0 radical (unpaired) electrons. The number of aliphatic hydroxyl groups excluding tert-OH is 1. The molecule has 0 unspecified atom stereocenters. The number of nitrogens with zero attached hydrogens (tertiary/aromatic N) is 5. The molecule has 12 heteroatoms. The Labute approximate surface area is 179 Å². The van der Waals surface area contributed by atoms with E-state index in [1.807, 2.05) is 0 Å². The first kappa shape index (κ1) is 24.1. The lowest BCUT2D eigenvalue weighted by Crippen LogP contribution is -2.44. The number of carbonyl (C=O) groups excluding carboxylic acids is 1. The minimum atomic E-state index is -1.42. The quantitative estimate of drug-likeness (QED) is 0.518. The summed E-state index contributed by atoms with van der Waals surface area (Å²) in [6.45, 7) is 2.11. The van der Waals surface area contributed by atoms with Gasteiger partial charge in [0.1, 0.15) is 0 Å². The van der Waals surface area contributed by atoms with Crippen molar-refractivity contribution in [3.8, 4) is 0 Å². The Morgan fingerprint density at radius 3 is 2.60 bits per heavy atom. The van der Waals surface area contributed by atoms with E-state index in [-0.39, 0.29) is 55.4 Å². The van der Waals surface area contributed by atoms with Gasteiger partial charge in [-0.25, -0.2) is 9.78 Å². The second kappa shape index (κ2) is 8.88. The first-order valence-corrected chi connectivity index (χ1v) is 9.59. The van der Waals surface area contributed by atoms with E-state index in [9.17, 15) is 24.6 Å². The normalized spacial score (nSPS) is 24.5. The zero-order chi connectivity index (χ0) is 21.5. The number of rotatable bonds is 4. The maximum Gasteiger partial charge on any atom is 0.332 e. The fraction of sp³-hybridized carbons (Fsp3) is 0.667. The van der Waals surface area contributed by atoms with Crippen molar-refractivity contribution in [2.45, 2.75) is 43.9 Å². The van der Waals surface area contributed by atoms with Gasteiger partial charge in [0.25, 0.3) is 5.56 Å². The molecular weight excluding hydrogens is 416 g/mol. The average molecular weight is 445 g/mol. The Morgan fingerprint density at radius 1 is 1.30 bits per heavy atom. The number of aromatic nitrogens is 4. The Balaban J connectivity index is 0.00000320. The number of imidazole rings is 1. The van der Waals surface area contributed by atoms with Gasteiger partial charge in [0, 0.05) is 40.0 Å². The van der Waals surface area contributed by atoms with E-state index in [4.69, 9.17) is 5.73 Å². The zero-order valence-corrected chi connectivity index (χ0v) is 18.1. The molecule has 3 heterocycles. The first-order valence-electron chi connectivity index (χ1n) is 9.59. The number of β-amino-alcohol motifs (C(OH)–C–C–N with tert-alkyl or cyclic N) is 1. The summed E-state index contributed by atoms with van der Waals surface area (Å²) < 4.78 is 3.75. The van der Waals surface area contributed by atoms with Crippen LogP contribution >= 0.6 is 12.4 Å². The van der Waals surface area contributed by atoms with Gasteiger partial charge >= 0.3 is 5.69 Å². The third-order valence-electron chi connectivity index (χ3n) is 5.65. The molecule has 1 fully saturated rings. The van der Waals surface area contributed by atoms with E-state index in [0.29, 0.717) is 13.0 Å². The van der Waals surface area contributed by atoms with Gasteiger partial charge in [0.2, 0.25) is 5.91 Å². The molecule has 168 valence electrons. The highest BCUT2D eigenvalue weighted by Crippen LogP contribution is 2.33. The van der Waals surface area contributed by atoms with Crippen molar-refractivity contribution in [1.82, 2.24) is 23.6 Å². The topological polar surface area (TPSA) is 149 Å². The summed E-state index contributed by atoms with van der Waals surface area (Å²) >= 11 is 0. The highest BCUT2D eigenvalue weighted by molar-refractivity contribution is 5.85. The van der Waals surface area contributed by atoms with Crippen molar-refractivity contribution in [3.63, 3.8) is 0 Å². The number of likely N-dealkylation sites (tertiary alicyclic amines) is 1. The van der Waals surface area contributed by atoms with Crippen molar-refractivity contribution in [3.05, 3.63) is 27.2 Å². The number of hydrogen-bond acceptors (Lipinski definition) is 7. The predicted octanol–water partition coefficient (Wildman–Crippen LogP) is -1.52. The largest absolute Gasteiger partial charge is 0.391 e. The molecule has 1 saturated heterocycles. The Morgan fingerprint density at radius 2 is 1.97 bits per heavy atom. The molecule has 0 aromatic carbocycles. The third kappa shape index (κ3) is 4.15. The molecule has 0 saturated carbocycles.